The SMILES string of the molecule is O=Cc1ccc(Cl)c(-c2ccc(Cl)c(Cl)c2Cl)c1. The van der Waals surface area contributed by atoms with Gasteiger partial charge in [0.15, 0.2) is 0 Å². The maximum absolute atomic E-state index is 10.8. The summed E-state index contributed by atoms with van der Waals surface area (Å²) in [6.07, 6.45) is 0.741. The van der Waals surface area contributed by atoms with Gasteiger partial charge in [-0.3, -0.25) is 4.79 Å². The lowest BCUT2D eigenvalue weighted by atomic mass is 10.0. The van der Waals surface area contributed by atoms with E-state index in [4.69, 9.17) is 46.4 Å². The quantitative estimate of drug-likeness (QED) is 0.506. The molecule has 1 nitrogen and oxygen atoms in total. The number of hydrogen-bond donors (Lipinski definition) is 0. The molecular formula is C13H6Cl4O. The number of hydrogen-bond acceptors (Lipinski definition) is 1. The zero-order valence-electron chi connectivity index (χ0n) is 8.88. The van der Waals surface area contributed by atoms with Crippen LogP contribution in [0.5, 0.6) is 0 Å². The predicted molar refractivity (Wildman–Crippen MR) is 77.3 cm³/mol. The van der Waals surface area contributed by atoms with Crippen molar-refractivity contribution < 1.29 is 4.79 Å². The largest absolute Gasteiger partial charge is 0.298 e. The van der Waals surface area contributed by atoms with Crippen molar-refractivity contribution in [3.8, 4) is 11.1 Å². The molecule has 18 heavy (non-hydrogen) atoms. The molecule has 0 unspecified atom stereocenters. The maximum atomic E-state index is 10.8. The first kappa shape index (κ1) is 13.7. The van der Waals surface area contributed by atoms with E-state index in [9.17, 15) is 4.79 Å². The molecule has 2 rings (SSSR count). The molecule has 0 aliphatic heterocycles. The van der Waals surface area contributed by atoms with Crippen molar-refractivity contribution >= 4 is 52.7 Å². The fraction of sp³-hybridized carbons (Fsp3) is 0. The van der Waals surface area contributed by atoms with Crippen molar-refractivity contribution in [3.05, 3.63) is 56.0 Å². The van der Waals surface area contributed by atoms with E-state index in [1.165, 1.54) is 0 Å². The highest BCUT2D eigenvalue weighted by molar-refractivity contribution is 6.49. The Morgan fingerprint density at radius 2 is 1.44 bits per heavy atom. The minimum Gasteiger partial charge on any atom is -0.298 e. The molecule has 2 aromatic carbocycles. The molecule has 0 saturated carbocycles. The Morgan fingerprint density at radius 1 is 0.778 bits per heavy atom. The molecule has 0 aromatic heterocycles. The summed E-state index contributed by atoms with van der Waals surface area (Å²) in [6, 6.07) is 8.27. The molecule has 0 atom stereocenters. The van der Waals surface area contributed by atoms with E-state index >= 15 is 0 Å². The van der Waals surface area contributed by atoms with E-state index in [0.29, 0.717) is 31.8 Å². The van der Waals surface area contributed by atoms with Crippen LogP contribution in [0.3, 0.4) is 0 Å². The van der Waals surface area contributed by atoms with Crippen LogP contribution in [0.1, 0.15) is 10.4 Å². The molecule has 5 heteroatoms. The number of benzene rings is 2. The second-order valence-corrected chi connectivity index (χ2v) is 5.15. The average molecular weight is 320 g/mol. The van der Waals surface area contributed by atoms with Crippen LogP contribution < -0.4 is 0 Å². The molecule has 0 fully saturated rings. The molecule has 0 bridgehead atoms. The molecule has 0 N–H and O–H groups in total. The summed E-state index contributed by atoms with van der Waals surface area (Å²) in [5, 5.41) is 1.44. The van der Waals surface area contributed by atoms with Gasteiger partial charge in [0.2, 0.25) is 0 Å². The second-order valence-electron chi connectivity index (χ2n) is 3.58. The van der Waals surface area contributed by atoms with Gasteiger partial charge in [0.1, 0.15) is 6.29 Å². The summed E-state index contributed by atoms with van der Waals surface area (Å²) >= 11 is 24.1. The first-order valence-corrected chi connectivity index (χ1v) is 6.44. The topological polar surface area (TPSA) is 17.1 Å². The predicted octanol–water partition coefficient (Wildman–Crippen LogP) is 5.78. The molecule has 0 aliphatic rings. The lowest BCUT2D eigenvalue weighted by Gasteiger charge is -2.09. The summed E-state index contributed by atoms with van der Waals surface area (Å²) in [7, 11) is 0. The number of rotatable bonds is 2. The smallest absolute Gasteiger partial charge is 0.150 e. The van der Waals surface area contributed by atoms with E-state index in [-0.39, 0.29) is 5.02 Å². The molecule has 92 valence electrons. The van der Waals surface area contributed by atoms with Crippen molar-refractivity contribution in [1.82, 2.24) is 0 Å². The summed E-state index contributed by atoms with van der Waals surface area (Å²) in [5.74, 6) is 0. The van der Waals surface area contributed by atoms with E-state index in [2.05, 4.69) is 0 Å². The van der Waals surface area contributed by atoms with Gasteiger partial charge < -0.3 is 0 Å². The van der Waals surface area contributed by atoms with Crippen LogP contribution in [0, 0.1) is 0 Å². The summed E-state index contributed by atoms with van der Waals surface area (Å²) < 4.78 is 0. The minimum absolute atomic E-state index is 0.267. The second kappa shape index (κ2) is 5.50. The van der Waals surface area contributed by atoms with Gasteiger partial charge in [-0.2, -0.15) is 0 Å². The van der Waals surface area contributed by atoms with Crippen LogP contribution >= 0.6 is 46.4 Å². The molecule has 0 aliphatic carbocycles. The van der Waals surface area contributed by atoms with Crippen molar-refractivity contribution in [2.75, 3.05) is 0 Å². The Hall–Kier alpha value is -0.730. The normalized spacial score (nSPS) is 10.4. The number of halogens is 4. The van der Waals surface area contributed by atoms with Crippen LogP contribution in [-0.2, 0) is 0 Å². The van der Waals surface area contributed by atoms with Crippen LogP contribution in [-0.4, -0.2) is 6.29 Å². The molecule has 0 amide bonds. The van der Waals surface area contributed by atoms with Gasteiger partial charge in [0, 0.05) is 21.7 Å². The highest BCUT2D eigenvalue weighted by Crippen LogP contribution is 2.40. The van der Waals surface area contributed by atoms with Gasteiger partial charge in [-0.1, -0.05) is 58.5 Å². The highest BCUT2D eigenvalue weighted by atomic mass is 35.5. The molecule has 0 saturated heterocycles. The average Bonchev–Trinajstić information content (AvgIpc) is 2.37. The summed E-state index contributed by atoms with van der Waals surface area (Å²) in [4.78, 5) is 10.8. The van der Waals surface area contributed by atoms with E-state index in [1.807, 2.05) is 0 Å². The third-order valence-electron chi connectivity index (χ3n) is 2.45. The lowest BCUT2D eigenvalue weighted by molar-refractivity contribution is 0.112. The standard InChI is InChI=1S/C13H6Cl4O/c14-10-3-1-7(6-18)5-9(10)8-2-4-11(15)13(17)12(8)16/h1-6H. The Balaban J connectivity index is 2.69. The van der Waals surface area contributed by atoms with E-state index in [1.54, 1.807) is 30.3 Å². The molecule has 0 heterocycles. The van der Waals surface area contributed by atoms with Crippen molar-refractivity contribution in [3.63, 3.8) is 0 Å². The molecule has 0 radical (unpaired) electrons. The minimum atomic E-state index is 0.267. The Bertz CT molecular complexity index is 623. The number of carbonyl (C=O) groups excluding carboxylic acids is 1. The van der Waals surface area contributed by atoms with Crippen molar-refractivity contribution in [2.24, 2.45) is 0 Å². The van der Waals surface area contributed by atoms with Crippen LogP contribution in [0.25, 0.3) is 11.1 Å². The Morgan fingerprint density at radius 3 is 2.11 bits per heavy atom. The van der Waals surface area contributed by atoms with Gasteiger partial charge in [-0.25, -0.2) is 0 Å². The van der Waals surface area contributed by atoms with E-state index in [0.717, 1.165) is 6.29 Å². The lowest BCUT2D eigenvalue weighted by Crippen LogP contribution is -1.86. The monoisotopic (exact) mass is 318 g/mol. The third-order valence-corrected chi connectivity index (χ3v) is 4.08. The number of aldehydes is 1. The van der Waals surface area contributed by atoms with Gasteiger partial charge in [0.05, 0.1) is 15.1 Å². The van der Waals surface area contributed by atoms with Crippen molar-refractivity contribution in [2.45, 2.75) is 0 Å². The van der Waals surface area contributed by atoms with Crippen molar-refractivity contribution in [1.29, 1.82) is 0 Å². The van der Waals surface area contributed by atoms with Gasteiger partial charge >= 0.3 is 0 Å². The fourth-order valence-electron chi connectivity index (χ4n) is 1.56. The molecule has 2 aromatic rings. The fourth-order valence-corrected chi connectivity index (χ4v) is 2.41. The summed E-state index contributed by atoms with van der Waals surface area (Å²) in [5.41, 5.74) is 1.79. The van der Waals surface area contributed by atoms with Gasteiger partial charge in [0.25, 0.3) is 0 Å². The first-order valence-electron chi connectivity index (χ1n) is 4.93. The number of carbonyl (C=O) groups is 1. The third kappa shape index (κ3) is 2.50. The Kier molecular flexibility index (Phi) is 4.18. The zero-order chi connectivity index (χ0) is 13.3. The first-order chi connectivity index (χ1) is 8.54. The highest BCUT2D eigenvalue weighted by Gasteiger charge is 2.13. The van der Waals surface area contributed by atoms with Crippen LogP contribution in [0.2, 0.25) is 20.1 Å². The molecular weight excluding hydrogens is 314 g/mol. The van der Waals surface area contributed by atoms with Crippen LogP contribution in [0.15, 0.2) is 30.3 Å². The van der Waals surface area contributed by atoms with E-state index < -0.39 is 0 Å². The zero-order valence-corrected chi connectivity index (χ0v) is 11.9. The Labute approximate surface area is 124 Å². The summed E-state index contributed by atoms with van der Waals surface area (Å²) in [6.45, 7) is 0. The van der Waals surface area contributed by atoms with Crippen LogP contribution in [0.4, 0.5) is 0 Å². The molecule has 0 spiro atoms. The van der Waals surface area contributed by atoms with Gasteiger partial charge in [-0.15, -0.1) is 0 Å². The van der Waals surface area contributed by atoms with Gasteiger partial charge in [-0.05, 0) is 18.2 Å². The maximum Gasteiger partial charge on any atom is 0.150 e.